The molecule has 100 valence electrons. The van der Waals surface area contributed by atoms with Gasteiger partial charge in [-0.05, 0) is 23.8 Å². The number of hydroxylamine groups is 1. The third kappa shape index (κ3) is 3.40. The van der Waals surface area contributed by atoms with Crippen molar-refractivity contribution in [3.8, 4) is 0 Å². The summed E-state index contributed by atoms with van der Waals surface area (Å²) in [5.74, 6) is -0.756. The Morgan fingerprint density at radius 3 is 2.10 bits per heavy atom. The molecule has 0 aliphatic rings. The molecule has 0 bridgehead atoms. The zero-order chi connectivity index (χ0) is 14.4. The lowest BCUT2D eigenvalue weighted by atomic mass is 10.1. The minimum atomic E-state index is -0.608. The van der Waals surface area contributed by atoms with E-state index in [2.05, 4.69) is 0 Å². The molecule has 2 aromatic carbocycles. The third-order valence-electron chi connectivity index (χ3n) is 2.76. The van der Waals surface area contributed by atoms with Crippen LogP contribution in [0, 0.1) is 0 Å². The average molecular weight is 267 g/mol. The van der Waals surface area contributed by atoms with E-state index in [1.54, 1.807) is 18.2 Å². The zero-order valence-electron chi connectivity index (χ0n) is 10.6. The van der Waals surface area contributed by atoms with Gasteiger partial charge < -0.3 is 0 Å². The number of benzene rings is 2. The van der Waals surface area contributed by atoms with Crippen molar-refractivity contribution in [2.45, 2.75) is 0 Å². The summed E-state index contributed by atoms with van der Waals surface area (Å²) in [5.41, 5.74) is 3.25. The van der Waals surface area contributed by atoms with Crippen molar-refractivity contribution in [1.82, 2.24) is 5.48 Å². The van der Waals surface area contributed by atoms with E-state index in [1.807, 2.05) is 30.3 Å². The van der Waals surface area contributed by atoms with Gasteiger partial charge in [0.2, 0.25) is 0 Å². The minimum absolute atomic E-state index is 0.148. The summed E-state index contributed by atoms with van der Waals surface area (Å²) in [6, 6.07) is 15.6. The maximum atomic E-state index is 11.9. The van der Waals surface area contributed by atoms with E-state index in [9.17, 15) is 9.59 Å². The Hall–Kier alpha value is -2.72. The van der Waals surface area contributed by atoms with Gasteiger partial charge in [-0.3, -0.25) is 14.8 Å². The molecule has 0 saturated heterocycles. The SMILES string of the molecule is O=C(/C=C/c1ccccc1)c1ccc(C(=O)NO)cc1. The lowest BCUT2D eigenvalue weighted by Crippen LogP contribution is -2.18. The zero-order valence-corrected chi connectivity index (χ0v) is 10.6. The highest BCUT2D eigenvalue weighted by molar-refractivity contribution is 6.07. The van der Waals surface area contributed by atoms with E-state index >= 15 is 0 Å². The number of allylic oxidation sites excluding steroid dienone is 1. The van der Waals surface area contributed by atoms with Crippen molar-refractivity contribution < 1.29 is 14.8 Å². The summed E-state index contributed by atoms with van der Waals surface area (Å²) in [7, 11) is 0. The molecule has 4 nitrogen and oxygen atoms in total. The van der Waals surface area contributed by atoms with Gasteiger partial charge >= 0.3 is 0 Å². The number of ketones is 1. The van der Waals surface area contributed by atoms with Crippen LogP contribution in [0.2, 0.25) is 0 Å². The Kier molecular flexibility index (Phi) is 4.42. The maximum Gasteiger partial charge on any atom is 0.274 e. The van der Waals surface area contributed by atoms with Crippen LogP contribution in [0.4, 0.5) is 0 Å². The van der Waals surface area contributed by atoms with E-state index < -0.39 is 5.91 Å². The van der Waals surface area contributed by atoms with E-state index in [-0.39, 0.29) is 11.3 Å². The van der Waals surface area contributed by atoms with Gasteiger partial charge in [0.15, 0.2) is 5.78 Å². The number of hydrogen-bond acceptors (Lipinski definition) is 3. The van der Waals surface area contributed by atoms with Gasteiger partial charge in [0, 0.05) is 11.1 Å². The Bertz CT molecular complexity index is 631. The first-order chi connectivity index (χ1) is 9.70. The van der Waals surface area contributed by atoms with E-state index in [0.29, 0.717) is 5.56 Å². The van der Waals surface area contributed by atoms with Crippen molar-refractivity contribution in [2.24, 2.45) is 0 Å². The smallest absolute Gasteiger partial charge is 0.274 e. The molecule has 0 aromatic heterocycles. The highest BCUT2D eigenvalue weighted by Crippen LogP contribution is 2.08. The molecule has 0 aliphatic carbocycles. The normalized spacial score (nSPS) is 10.4. The Morgan fingerprint density at radius 2 is 1.50 bits per heavy atom. The summed E-state index contributed by atoms with van der Waals surface area (Å²) in [5, 5.41) is 8.50. The number of hydrogen-bond donors (Lipinski definition) is 2. The molecule has 0 unspecified atom stereocenters. The molecule has 0 aliphatic heterocycles. The quantitative estimate of drug-likeness (QED) is 0.387. The average Bonchev–Trinajstić information content (AvgIpc) is 2.53. The van der Waals surface area contributed by atoms with Crippen molar-refractivity contribution in [3.05, 3.63) is 77.4 Å². The van der Waals surface area contributed by atoms with Crippen molar-refractivity contribution in [1.29, 1.82) is 0 Å². The predicted octanol–water partition coefficient (Wildman–Crippen LogP) is 2.70. The second-order valence-corrected chi connectivity index (χ2v) is 4.13. The second-order valence-electron chi connectivity index (χ2n) is 4.13. The predicted molar refractivity (Wildman–Crippen MR) is 75.5 cm³/mol. The Balaban J connectivity index is 2.10. The summed E-state index contributed by atoms with van der Waals surface area (Å²) >= 11 is 0. The first-order valence-corrected chi connectivity index (χ1v) is 6.02. The van der Waals surface area contributed by atoms with Gasteiger partial charge in [0.05, 0.1) is 0 Å². The largest absolute Gasteiger partial charge is 0.289 e. The van der Waals surface area contributed by atoms with Crippen molar-refractivity contribution >= 4 is 17.8 Å². The Labute approximate surface area is 116 Å². The number of carbonyl (C=O) groups excluding carboxylic acids is 2. The number of amides is 1. The maximum absolute atomic E-state index is 11.9. The topological polar surface area (TPSA) is 66.4 Å². The number of nitrogens with one attached hydrogen (secondary N) is 1. The molecular formula is C16H13NO3. The fraction of sp³-hybridized carbons (Fsp3) is 0. The Morgan fingerprint density at radius 1 is 0.900 bits per heavy atom. The molecule has 20 heavy (non-hydrogen) atoms. The van der Waals surface area contributed by atoms with E-state index in [1.165, 1.54) is 23.7 Å². The molecule has 2 aromatic rings. The first-order valence-electron chi connectivity index (χ1n) is 6.02. The van der Waals surface area contributed by atoms with Crippen LogP contribution >= 0.6 is 0 Å². The molecular weight excluding hydrogens is 254 g/mol. The molecule has 0 saturated carbocycles. The van der Waals surface area contributed by atoms with Crippen molar-refractivity contribution in [3.63, 3.8) is 0 Å². The molecule has 0 fully saturated rings. The molecule has 0 heterocycles. The summed E-state index contributed by atoms with van der Waals surface area (Å²) < 4.78 is 0. The summed E-state index contributed by atoms with van der Waals surface area (Å²) in [4.78, 5) is 23.1. The van der Waals surface area contributed by atoms with Crippen LogP contribution in [-0.4, -0.2) is 16.9 Å². The highest BCUT2D eigenvalue weighted by atomic mass is 16.5. The lowest BCUT2D eigenvalue weighted by molar-refractivity contribution is 0.0706. The van der Waals surface area contributed by atoms with Gasteiger partial charge in [0.1, 0.15) is 0 Å². The van der Waals surface area contributed by atoms with Crippen LogP contribution in [0.3, 0.4) is 0 Å². The standard InChI is InChI=1S/C16H13NO3/c18-15(11-6-12-4-2-1-3-5-12)13-7-9-14(10-8-13)16(19)17-20/h1-11,20H,(H,17,19)/b11-6+. The third-order valence-corrected chi connectivity index (χ3v) is 2.76. The lowest BCUT2D eigenvalue weighted by Gasteiger charge is -2.00. The molecule has 1 amide bonds. The van der Waals surface area contributed by atoms with Crippen LogP contribution in [0.25, 0.3) is 6.08 Å². The number of rotatable bonds is 4. The van der Waals surface area contributed by atoms with Crippen LogP contribution < -0.4 is 5.48 Å². The molecule has 0 spiro atoms. The van der Waals surface area contributed by atoms with Crippen LogP contribution in [0.1, 0.15) is 26.3 Å². The van der Waals surface area contributed by atoms with Crippen LogP contribution in [-0.2, 0) is 0 Å². The molecule has 2 N–H and O–H groups in total. The van der Waals surface area contributed by atoms with Crippen LogP contribution in [0.15, 0.2) is 60.7 Å². The van der Waals surface area contributed by atoms with E-state index in [0.717, 1.165) is 5.56 Å². The summed E-state index contributed by atoms with van der Waals surface area (Å²) in [6.07, 6.45) is 3.22. The second kappa shape index (κ2) is 6.45. The van der Waals surface area contributed by atoms with Crippen molar-refractivity contribution in [2.75, 3.05) is 0 Å². The van der Waals surface area contributed by atoms with Gasteiger partial charge in [0.25, 0.3) is 5.91 Å². The first kappa shape index (κ1) is 13.7. The monoisotopic (exact) mass is 267 g/mol. The molecule has 0 atom stereocenters. The minimum Gasteiger partial charge on any atom is -0.289 e. The molecule has 4 heteroatoms. The summed E-state index contributed by atoms with van der Waals surface area (Å²) in [6.45, 7) is 0. The van der Waals surface area contributed by atoms with Gasteiger partial charge in [-0.2, -0.15) is 0 Å². The van der Waals surface area contributed by atoms with Gasteiger partial charge in [-0.15, -0.1) is 0 Å². The fourth-order valence-corrected chi connectivity index (χ4v) is 1.68. The van der Waals surface area contributed by atoms with Gasteiger partial charge in [-0.1, -0.05) is 48.5 Å². The van der Waals surface area contributed by atoms with Crippen LogP contribution in [0.5, 0.6) is 0 Å². The van der Waals surface area contributed by atoms with Gasteiger partial charge in [-0.25, -0.2) is 5.48 Å². The fourth-order valence-electron chi connectivity index (χ4n) is 1.68. The molecule has 2 rings (SSSR count). The molecule has 0 radical (unpaired) electrons. The highest BCUT2D eigenvalue weighted by Gasteiger charge is 2.06. The van der Waals surface area contributed by atoms with E-state index in [4.69, 9.17) is 5.21 Å². The number of carbonyl (C=O) groups is 2.